The molecule has 3 heterocycles. The van der Waals surface area contributed by atoms with Gasteiger partial charge in [-0.1, -0.05) is 40.9 Å². The van der Waals surface area contributed by atoms with Crippen molar-refractivity contribution in [1.82, 2.24) is 24.5 Å². The van der Waals surface area contributed by atoms with E-state index in [0.29, 0.717) is 35.8 Å². The van der Waals surface area contributed by atoms with Gasteiger partial charge < -0.3 is 14.8 Å². The van der Waals surface area contributed by atoms with Gasteiger partial charge in [0.25, 0.3) is 11.5 Å². The second-order valence-corrected chi connectivity index (χ2v) is 9.59. The first-order chi connectivity index (χ1) is 17.8. The van der Waals surface area contributed by atoms with Crippen LogP contribution in [0.15, 0.2) is 58.7 Å². The molecule has 1 aliphatic rings. The van der Waals surface area contributed by atoms with E-state index in [0.717, 1.165) is 17.1 Å². The lowest BCUT2D eigenvalue weighted by atomic mass is 10.0. The first kappa shape index (κ1) is 24.7. The summed E-state index contributed by atoms with van der Waals surface area (Å²) in [6.07, 6.45) is 0. The largest absolute Gasteiger partial charge is 0.481 e. The molecule has 5 rings (SSSR count). The minimum Gasteiger partial charge on any atom is -0.481 e. The third-order valence-electron chi connectivity index (χ3n) is 6.03. The molecule has 2 aromatic carbocycles. The SMILES string of the molecule is CC1(C)OCCn2c1nc(C(=O)NCc1ccc(F)cc1-c1csnn1)c(OCc1ccccc1)c2=O. The number of aromatic nitrogens is 4. The Balaban J connectivity index is 1.48. The number of nitrogens with one attached hydrogen (secondary N) is 1. The number of fused-ring (bicyclic) bond motifs is 1. The molecule has 0 radical (unpaired) electrons. The molecule has 0 saturated carbocycles. The average molecular weight is 522 g/mol. The molecule has 0 saturated heterocycles. The van der Waals surface area contributed by atoms with Gasteiger partial charge in [-0.15, -0.1) is 5.10 Å². The normalized spacial score (nSPS) is 14.1. The molecule has 1 aliphatic heterocycles. The van der Waals surface area contributed by atoms with Crippen LogP contribution in [0.4, 0.5) is 4.39 Å². The Kier molecular flexibility index (Phi) is 6.81. The van der Waals surface area contributed by atoms with Crippen LogP contribution in [0.25, 0.3) is 11.3 Å². The third kappa shape index (κ3) is 5.13. The highest BCUT2D eigenvalue weighted by Crippen LogP contribution is 2.28. The third-order valence-corrected chi connectivity index (χ3v) is 6.54. The number of benzene rings is 2. The van der Waals surface area contributed by atoms with Crippen LogP contribution in [-0.2, 0) is 30.0 Å². The Labute approximate surface area is 216 Å². The molecular formula is C26H24FN5O4S. The van der Waals surface area contributed by atoms with Crippen molar-refractivity contribution in [2.75, 3.05) is 6.61 Å². The van der Waals surface area contributed by atoms with Gasteiger partial charge in [0.15, 0.2) is 5.69 Å². The monoisotopic (exact) mass is 521 g/mol. The summed E-state index contributed by atoms with van der Waals surface area (Å²) in [4.78, 5) is 31.5. The molecule has 0 bridgehead atoms. The molecule has 190 valence electrons. The van der Waals surface area contributed by atoms with Gasteiger partial charge in [-0.25, -0.2) is 9.37 Å². The van der Waals surface area contributed by atoms with E-state index in [1.54, 1.807) is 25.3 Å². The summed E-state index contributed by atoms with van der Waals surface area (Å²) in [5, 5.41) is 8.51. The number of amides is 1. The lowest BCUT2D eigenvalue weighted by molar-refractivity contribution is -0.0567. The van der Waals surface area contributed by atoms with Crippen LogP contribution in [0.3, 0.4) is 0 Å². The second-order valence-electron chi connectivity index (χ2n) is 8.98. The van der Waals surface area contributed by atoms with Gasteiger partial charge in [0.1, 0.15) is 29.5 Å². The van der Waals surface area contributed by atoms with Crippen LogP contribution < -0.4 is 15.6 Å². The van der Waals surface area contributed by atoms with Crippen molar-refractivity contribution in [1.29, 1.82) is 0 Å². The summed E-state index contributed by atoms with van der Waals surface area (Å²) in [6.45, 7) is 4.37. The fourth-order valence-electron chi connectivity index (χ4n) is 4.16. The van der Waals surface area contributed by atoms with E-state index in [2.05, 4.69) is 19.9 Å². The molecule has 9 nitrogen and oxygen atoms in total. The van der Waals surface area contributed by atoms with E-state index < -0.39 is 22.9 Å². The van der Waals surface area contributed by atoms with E-state index in [-0.39, 0.29) is 24.6 Å². The molecular weight excluding hydrogens is 497 g/mol. The standard InChI is InChI=1S/C26H24FN5O4S/c1-26(2)25-29-21(22(24(34)32(25)10-11-36-26)35-14-16-6-4-3-5-7-16)23(33)28-13-17-8-9-18(27)12-19(17)20-15-37-31-30-20/h3-9,12,15H,10-11,13-14H2,1-2H3,(H,28,33). The molecule has 11 heteroatoms. The topological polar surface area (TPSA) is 108 Å². The number of hydrogen-bond acceptors (Lipinski definition) is 8. The molecule has 0 atom stereocenters. The first-order valence-electron chi connectivity index (χ1n) is 11.6. The number of hydrogen-bond donors (Lipinski definition) is 1. The van der Waals surface area contributed by atoms with Gasteiger partial charge in [-0.3, -0.25) is 14.2 Å². The molecule has 37 heavy (non-hydrogen) atoms. The van der Waals surface area contributed by atoms with Crippen molar-refractivity contribution in [3.8, 4) is 17.0 Å². The minimum absolute atomic E-state index is 0.0457. The Morgan fingerprint density at radius 2 is 2.05 bits per heavy atom. The van der Waals surface area contributed by atoms with Gasteiger partial charge in [0, 0.05) is 17.5 Å². The van der Waals surface area contributed by atoms with E-state index in [1.165, 1.54) is 16.7 Å². The predicted octanol–water partition coefficient (Wildman–Crippen LogP) is 3.68. The molecule has 0 fully saturated rings. The zero-order chi connectivity index (χ0) is 26.0. The molecule has 1 N–H and O–H groups in total. The lowest BCUT2D eigenvalue weighted by Gasteiger charge is -2.32. The van der Waals surface area contributed by atoms with E-state index in [1.807, 2.05) is 30.3 Å². The maximum atomic E-state index is 14.0. The number of carbonyl (C=O) groups is 1. The highest BCUT2D eigenvalue weighted by molar-refractivity contribution is 7.03. The van der Waals surface area contributed by atoms with Gasteiger partial charge in [0.2, 0.25) is 5.75 Å². The van der Waals surface area contributed by atoms with Gasteiger partial charge in [0.05, 0.1) is 13.2 Å². The van der Waals surface area contributed by atoms with Gasteiger partial charge >= 0.3 is 0 Å². The quantitative estimate of drug-likeness (QED) is 0.395. The van der Waals surface area contributed by atoms with Crippen LogP contribution in [0.1, 0.15) is 41.3 Å². The average Bonchev–Trinajstić information content (AvgIpc) is 3.43. The van der Waals surface area contributed by atoms with E-state index >= 15 is 0 Å². The maximum absolute atomic E-state index is 14.0. The number of rotatable bonds is 7. The molecule has 4 aromatic rings. The van der Waals surface area contributed by atoms with Crippen molar-refractivity contribution >= 4 is 17.4 Å². The minimum atomic E-state index is -0.869. The lowest BCUT2D eigenvalue weighted by Crippen LogP contribution is -2.43. The highest BCUT2D eigenvalue weighted by atomic mass is 32.1. The molecule has 2 aromatic heterocycles. The summed E-state index contributed by atoms with van der Waals surface area (Å²) in [5.41, 5.74) is 1.04. The molecule has 0 aliphatic carbocycles. The highest BCUT2D eigenvalue weighted by Gasteiger charge is 2.35. The summed E-state index contributed by atoms with van der Waals surface area (Å²) >= 11 is 1.14. The van der Waals surface area contributed by atoms with Gasteiger partial charge in [-0.2, -0.15) is 0 Å². The smallest absolute Gasteiger partial charge is 0.296 e. The molecule has 0 unspecified atom stereocenters. The van der Waals surface area contributed by atoms with Gasteiger partial charge in [-0.05, 0) is 48.6 Å². The number of nitrogens with zero attached hydrogens (tertiary/aromatic N) is 4. The summed E-state index contributed by atoms with van der Waals surface area (Å²) in [7, 11) is 0. The molecule has 1 amide bonds. The number of halogens is 1. The van der Waals surface area contributed by atoms with Crippen LogP contribution in [0.2, 0.25) is 0 Å². The summed E-state index contributed by atoms with van der Waals surface area (Å²) in [5.74, 6) is -0.819. The van der Waals surface area contributed by atoms with Crippen molar-refractivity contribution in [2.45, 2.75) is 39.1 Å². The Hall–Kier alpha value is -3.96. The maximum Gasteiger partial charge on any atom is 0.296 e. The van der Waals surface area contributed by atoms with Crippen molar-refractivity contribution in [3.63, 3.8) is 0 Å². The fourth-order valence-corrected chi connectivity index (χ4v) is 4.61. The predicted molar refractivity (Wildman–Crippen MR) is 135 cm³/mol. The van der Waals surface area contributed by atoms with E-state index in [9.17, 15) is 14.0 Å². The Morgan fingerprint density at radius 3 is 2.81 bits per heavy atom. The summed E-state index contributed by atoms with van der Waals surface area (Å²) in [6, 6.07) is 13.6. The Bertz CT molecular complexity index is 1490. The van der Waals surface area contributed by atoms with Crippen molar-refractivity contribution in [2.24, 2.45) is 0 Å². The number of ether oxygens (including phenoxy) is 2. The van der Waals surface area contributed by atoms with Crippen molar-refractivity contribution in [3.05, 3.63) is 92.7 Å². The number of carbonyl (C=O) groups excluding carboxylic acids is 1. The summed E-state index contributed by atoms with van der Waals surface area (Å²) < 4.78 is 31.0. The fraction of sp³-hybridized carbons (Fsp3) is 0.269. The van der Waals surface area contributed by atoms with Crippen LogP contribution >= 0.6 is 11.5 Å². The zero-order valence-corrected chi connectivity index (χ0v) is 21.0. The van der Waals surface area contributed by atoms with Crippen LogP contribution in [0, 0.1) is 5.82 Å². The Morgan fingerprint density at radius 1 is 1.24 bits per heavy atom. The first-order valence-corrected chi connectivity index (χ1v) is 12.5. The van der Waals surface area contributed by atoms with Crippen LogP contribution in [0.5, 0.6) is 5.75 Å². The van der Waals surface area contributed by atoms with E-state index in [4.69, 9.17) is 9.47 Å². The second kappa shape index (κ2) is 10.2. The zero-order valence-electron chi connectivity index (χ0n) is 20.2. The van der Waals surface area contributed by atoms with Crippen LogP contribution in [-0.4, -0.2) is 31.7 Å². The van der Waals surface area contributed by atoms with Crippen molar-refractivity contribution < 1.29 is 18.7 Å². The molecule has 0 spiro atoms.